The van der Waals surface area contributed by atoms with Gasteiger partial charge in [0.1, 0.15) is 19.0 Å². The Bertz CT molecular complexity index is 505. The molecule has 0 fully saturated rings. The lowest BCUT2D eigenvalue weighted by molar-refractivity contribution is -0.168. The van der Waals surface area contributed by atoms with Crippen molar-refractivity contribution in [3.05, 3.63) is 21.7 Å². The third-order valence-corrected chi connectivity index (χ3v) is 2.40. The quantitative estimate of drug-likeness (QED) is 0.753. The summed E-state index contributed by atoms with van der Waals surface area (Å²) in [4.78, 5) is 17.3. The van der Waals surface area contributed by atoms with E-state index in [9.17, 15) is 27.5 Å². The molecule has 1 aromatic heterocycles. The zero-order valence-electron chi connectivity index (χ0n) is 10.6. The molecule has 0 spiro atoms. The van der Waals surface area contributed by atoms with Gasteiger partial charge >= 0.3 is 12.3 Å². The van der Waals surface area contributed by atoms with Crippen LogP contribution in [0.25, 0.3) is 0 Å². The first-order valence-corrected chi connectivity index (χ1v) is 5.82. The average molecular weight is 298 g/mol. The Balaban J connectivity index is 2.69. The lowest BCUT2D eigenvalue weighted by atomic mass is 10.2. The molecule has 9 heteroatoms. The van der Waals surface area contributed by atoms with Crippen LogP contribution in [-0.2, 0) is 17.8 Å². The predicted octanol–water partition coefficient (Wildman–Crippen LogP) is 1.84. The molecule has 0 saturated heterocycles. The van der Waals surface area contributed by atoms with E-state index in [1.165, 1.54) is 0 Å². The number of aromatic nitrogens is 2. The van der Waals surface area contributed by atoms with Gasteiger partial charge in [-0.3, -0.25) is 4.79 Å². The number of rotatable bonds is 7. The molecule has 0 aliphatic rings. The van der Waals surface area contributed by atoms with E-state index >= 15 is 0 Å². The highest BCUT2D eigenvalue weighted by Gasteiger charge is 2.41. The van der Waals surface area contributed by atoms with Crippen molar-refractivity contribution in [2.75, 3.05) is 6.61 Å². The fourth-order valence-electron chi connectivity index (χ4n) is 1.42. The molecule has 114 valence electrons. The number of alkyl halides is 4. The molecule has 2 N–H and O–H groups in total. The second-order valence-corrected chi connectivity index (χ2v) is 4.12. The molecular weight excluding hydrogens is 284 g/mol. The summed E-state index contributed by atoms with van der Waals surface area (Å²) in [6.07, 6.45) is -2.93. The number of aromatic hydroxyl groups is 1. The molecule has 0 radical (unpaired) electrons. The van der Waals surface area contributed by atoms with Crippen molar-refractivity contribution in [1.29, 1.82) is 0 Å². The van der Waals surface area contributed by atoms with Gasteiger partial charge in [-0.15, -0.1) is 0 Å². The van der Waals surface area contributed by atoms with Crippen LogP contribution in [0.5, 0.6) is 5.88 Å². The number of H-pyrrole nitrogens is 1. The Morgan fingerprint density at radius 3 is 2.60 bits per heavy atom. The van der Waals surface area contributed by atoms with E-state index in [1.807, 2.05) is 0 Å². The van der Waals surface area contributed by atoms with Crippen LogP contribution in [0.2, 0.25) is 0 Å². The van der Waals surface area contributed by atoms with Gasteiger partial charge in [0.05, 0.1) is 5.56 Å². The van der Waals surface area contributed by atoms with Crippen LogP contribution in [0.3, 0.4) is 0 Å². The number of aromatic amines is 1. The van der Waals surface area contributed by atoms with Crippen molar-refractivity contribution in [3.8, 4) is 5.88 Å². The van der Waals surface area contributed by atoms with Crippen LogP contribution < -0.4 is 5.56 Å². The first-order valence-electron chi connectivity index (χ1n) is 5.82. The number of nitrogens with one attached hydrogen (secondary N) is 1. The van der Waals surface area contributed by atoms with Gasteiger partial charge in [0.25, 0.3) is 5.56 Å². The third kappa shape index (κ3) is 4.19. The molecule has 0 amide bonds. The van der Waals surface area contributed by atoms with Crippen LogP contribution in [0.1, 0.15) is 24.7 Å². The van der Waals surface area contributed by atoms with Gasteiger partial charge in [0.2, 0.25) is 5.88 Å². The fourth-order valence-corrected chi connectivity index (χ4v) is 1.42. The van der Waals surface area contributed by atoms with Crippen molar-refractivity contribution >= 4 is 0 Å². The summed E-state index contributed by atoms with van der Waals surface area (Å²) in [5, 5.41) is 9.50. The lowest BCUT2D eigenvalue weighted by Gasteiger charge is -2.14. The van der Waals surface area contributed by atoms with Gasteiger partial charge < -0.3 is 14.8 Å². The van der Waals surface area contributed by atoms with Crippen molar-refractivity contribution in [3.63, 3.8) is 0 Å². The van der Waals surface area contributed by atoms with Gasteiger partial charge in [0, 0.05) is 0 Å². The number of hydrogen-bond donors (Lipinski definition) is 2. The van der Waals surface area contributed by atoms with E-state index in [2.05, 4.69) is 14.7 Å². The maximum Gasteiger partial charge on any atom is 0.330 e. The first-order chi connectivity index (χ1) is 9.27. The Labute approximate surface area is 111 Å². The number of hydrogen-bond acceptors (Lipinski definition) is 4. The molecule has 1 heterocycles. The number of nitrogens with zero attached hydrogens (tertiary/aromatic N) is 1. The van der Waals surface area contributed by atoms with Gasteiger partial charge in [-0.05, 0) is 6.42 Å². The van der Waals surface area contributed by atoms with E-state index in [1.54, 1.807) is 6.92 Å². The van der Waals surface area contributed by atoms with Crippen LogP contribution in [0.4, 0.5) is 17.6 Å². The molecule has 0 aliphatic heterocycles. The molecule has 0 aromatic carbocycles. The van der Waals surface area contributed by atoms with E-state index in [4.69, 9.17) is 0 Å². The Kier molecular flexibility index (Phi) is 5.49. The van der Waals surface area contributed by atoms with E-state index < -0.39 is 37.0 Å². The zero-order valence-corrected chi connectivity index (χ0v) is 10.6. The summed E-state index contributed by atoms with van der Waals surface area (Å²) in [6, 6.07) is 0. The third-order valence-electron chi connectivity index (χ3n) is 2.40. The molecular formula is C11H14F4N2O3. The minimum atomic E-state index is -4.27. The summed E-state index contributed by atoms with van der Waals surface area (Å²) in [7, 11) is 0. The Morgan fingerprint density at radius 2 is 2.10 bits per heavy atom. The van der Waals surface area contributed by atoms with E-state index in [-0.39, 0.29) is 11.4 Å². The number of halogens is 4. The lowest BCUT2D eigenvalue weighted by Crippen LogP contribution is -2.32. The fraction of sp³-hybridized carbons (Fsp3) is 0.636. The molecule has 1 rings (SSSR count). The SMILES string of the molecule is CCCc1c(O)nc(COCC(F)(F)C(F)F)[nH]c1=O. The predicted molar refractivity (Wildman–Crippen MR) is 61.1 cm³/mol. The molecule has 5 nitrogen and oxygen atoms in total. The van der Waals surface area contributed by atoms with E-state index in [0.29, 0.717) is 12.8 Å². The molecule has 0 saturated carbocycles. The largest absolute Gasteiger partial charge is 0.493 e. The molecule has 0 unspecified atom stereocenters. The van der Waals surface area contributed by atoms with Crippen LogP contribution in [0.15, 0.2) is 4.79 Å². The highest BCUT2D eigenvalue weighted by atomic mass is 19.3. The van der Waals surface area contributed by atoms with Gasteiger partial charge in [-0.1, -0.05) is 13.3 Å². The standard InChI is InChI=1S/C11H14F4N2O3/c1-2-3-6-8(18)16-7(17-9(6)19)4-20-5-11(14,15)10(12)13/h10H,2-5H2,1H3,(H2,16,17,18,19). The van der Waals surface area contributed by atoms with Crippen LogP contribution >= 0.6 is 0 Å². The minimum absolute atomic E-state index is 0.0779. The van der Waals surface area contributed by atoms with Crippen molar-refractivity contribution in [2.24, 2.45) is 0 Å². The molecule has 0 atom stereocenters. The summed E-state index contributed by atoms with van der Waals surface area (Å²) in [5.41, 5.74) is -0.535. The highest BCUT2D eigenvalue weighted by molar-refractivity contribution is 5.22. The van der Waals surface area contributed by atoms with Gasteiger partial charge in [-0.25, -0.2) is 8.78 Å². The number of ether oxygens (including phenoxy) is 1. The summed E-state index contributed by atoms with van der Waals surface area (Å²) >= 11 is 0. The minimum Gasteiger partial charge on any atom is -0.493 e. The summed E-state index contributed by atoms with van der Waals surface area (Å²) in [5.74, 6) is -5.00. The Morgan fingerprint density at radius 1 is 1.45 bits per heavy atom. The van der Waals surface area contributed by atoms with Gasteiger partial charge in [-0.2, -0.15) is 13.8 Å². The second kappa shape index (κ2) is 6.69. The van der Waals surface area contributed by atoms with Crippen LogP contribution in [0, 0.1) is 0 Å². The zero-order chi connectivity index (χ0) is 15.3. The summed E-state index contributed by atoms with van der Waals surface area (Å²) in [6.45, 7) is -0.328. The average Bonchev–Trinajstić information content (AvgIpc) is 2.33. The molecule has 20 heavy (non-hydrogen) atoms. The van der Waals surface area contributed by atoms with Crippen LogP contribution in [-0.4, -0.2) is 34.0 Å². The molecule has 0 aliphatic carbocycles. The summed E-state index contributed by atoms with van der Waals surface area (Å²) < 4.78 is 53.2. The Hall–Kier alpha value is -1.64. The maximum absolute atomic E-state index is 12.6. The van der Waals surface area contributed by atoms with Crippen molar-refractivity contribution in [2.45, 2.75) is 38.7 Å². The monoisotopic (exact) mass is 298 g/mol. The highest BCUT2D eigenvalue weighted by Crippen LogP contribution is 2.23. The van der Waals surface area contributed by atoms with Crippen molar-refractivity contribution < 1.29 is 27.4 Å². The smallest absolute Gasteiger partial charge is 0.330 e. The second-order valence-electron chi connectivity index (χ2n) is 4.12. The topological polar surface area (TPSA) is 75.2 Å². The normalized spacial score (nSPS) is 12.1. The molecule has 1 aromatic rings. The van der Waals surface area contributed by atoms with E-state index in [0.717, 1.165) is 0 Å². The van der Waals surface area contributed by atoms with Crippen molar-refractivity contribution in [1.82, 2.24) is 9.97 Å². The van der Waals surface area contributed by atoms with Gasteiger partial charge in [0.15, 0.2) is 0 Å². The molecule has 0 bridgehead atoms. The maximum atomic E-state index is 12.6. The first kappa shape index (κ1) is 16.4.